The zero-order chi connectivity index (χ0) is 26.8. The Kier molecular flexibility index (Phi) is 10.1. The van der Waals surface area contributed by atoms with E-state index in [0.29, 0.717) is 11.4 Å². The van der Waals surface area contributed by atoms with Crippen molar-refractivity contribution in [1.82, 2.24) is 35.9 Å². The fraction of sp³-hybridized carbons (Fsp3) is 0.450. The predicted molar refractivity (Wildman–Crippen MR) is 121 cm³/mol. The number of carbonyl (C=O) groups is 5. The molecule has 0 aromatic carbocycles. The number of amides is 4. The van der Waals surface area contributed by atoms with Crippen LogP contribution in [0.25, 0.3) is 0 Å². The number of rotatable bonds is 14. The van der Waals surface area contributed by atoms with Crippen molar-refractivity contribution < 1.29 is 34.2 Å². The highest BCUT2D eigenvalue weighted by molar-refractivity contribution is 5.95. The van der Waals surface area contributed by atoms with Crippen LogP contribution in [0.2, 0.25) is 0 Å². The number of aromatic amines is 2. The van der Waals surface area contributed by atoms with Gasteiger partial charge in [0.25, 0.3) is 0 Å². The molecular formula is C20H29N9O7. The van der Waals surface area contributed by atoms with Crippen molar-refractivity contribution in [3.05, 3.63) is 36.4 Å². The number of nitrogens with zero attached hydrogens (tertiary/aromatic N) is 2. The number of hydrogen-bond acceptors (Lipinski definition) is 9. The van der Waals surface area contributed by atoms with E-state index in [1.807, 2.05) is 0 Å². The van der Waals surface area contributed by atoms with E-state index in [4.69, 9.17) is 11.5 Å². The van der Waals surface area contributed by atoms with Crippen molar-refractivity contribution in [3.63, 3.8) is 0 Å². The van der Waals surface area contributed by atoms with Gasteiger partial charge in [-0.1, -0.05) is 0 Å². The lowest BCUT2D eigenvalue weighted by atomic mass is 10.1. The number of carboxylic acid groups (broad SMARTS) is 1. The molecular weight excluding hydrogens is 478 g/mol. The SMILES string of the molecule is CC(O)C(NC(=O)C(Cc1cnc[nH]1)NC(=O)C(N)Cc1cnc[nH]1)C(=O)NC(CC(N)=O)C(=O)O. The van der Waals surface area contributed by atoms with E-state index in [2.05, 4.69) is 35.9 Å². The number of primary amides is 1. The highest BCUT2D eigenvalue weighted by Gasteiger charge is 2.33. The quantitative estimate of drug-likeness (QED) is 0.120. The summed E-state index contributed by atoms with van der Waals surface area (Å²) in [6.45, 7) is 1.19. The van der Waals surface area contributed by atoms with Gasteiger partial charge in [0.15, 0.2) is 0 Å². The van der Waals surface area contributed by atoms with Crippen LogP contribution in [0.1, 0.15) is 24.7 Å². The van der Waals surface area contributed by atoms with Crippen LogP contribution in [-0.2, 0) is 36.8 Å². The first-order valence-electron chi connectivity index (χ1n) is 10.8. The number of aromatic nitrogens is 4. The molecule has 0 aliphatic heterocycles. The Hall–Kier alpha value is -4.31. The first-order chi connectivity index (χ1) is 17.0. The standard InChI is InChI=1S/C20H29N9O7/c1-9(30)16(19(34)28-14(20(35)36)4-15(22)31)29-18(33)13(3-11-6-24-8-26-11)27-17(32)12(21)2-10-5-23-7-25-10/h5-9,12-14,16,30H,2-4,21H2,1H3,(H2,22,31)(H,23,25)(H,24,26)(H,27,32)(H,28,34)(H,29,33)(H,35,36). The van der Waals surface area contributed by atoms with E-state index in [-0.39, 0.29) is 12.8 Å². The predicted octanol–water partition coefficient (Wildman–Crippen LogP) is -3.96. The van der Waals surface area contributed by atoms with Crippen molar-refractivity contribution in [2.24, 2.45) is 11.5 Å². The van der Waals surface area contributed by atoms with E-state index in [1.165, 1.54) is 32.0 Å². The summed E-state index contributed by atoms with van der Waals surface area (Å²) in [5, 5.41) is 26.1. The molecule has 0 spiro atoms. The van der Waals surface area contributed by atoms with Gasteiger partial charge in [-0.3, -0.25) is 19.2 Å². The van der Waals surface area contributed by atoms with Gasteiger partial charge in [-0.15, -0.1) is 0 Å². The smallest absolute Gasteiger partial charge is 0.326 e. The van der Waals surface area contributed by atoms with Crippen LogP contribution < -0.4 is 27.4 Å². The summed E-state index contributed by atoms with van der Waals surface area (Å²) < 4.78 is 0. The lowest BCUT2D eigenvalue weighted by Crippen LogP contribution is -2.60. The zero-order valence-corrected chi connectivity index (χ0v) is 19.3. The number of aliphatic hydroxyl groups is 1. The Morgan fingerprint density at radius 3 is 1.94 bits per heavy atom. The van der Waals surface area contributed by atoms with Crippen molar-refractivity contribution in [1.29, 1.82) is 0 Å². The van der Waals surface area contributed by atoms with Crippen LogP contribution in [0.15, 0.2) is 25.0 Å². The monoisotopic (exact) mass is 507 g/mol. The number of carbonyl (C=O) groups excluding carboxylic acids is 4. The van der Waals surface area contributed by atoms with Gasteiger partial charge in [0.1, 0.15) is 18.1 Å². The van der Waals surface area contributed by atoms with Crippen molar-refractivity contribution in [2.75, 3.05) is 0 Å². The summed E-state index contributed by atoms with van der Waals surface area (Å²) in [4.78, 5) is 74.1. The van der Waals surface area contributed by atoms with Gasteiger partial charge in [0.05, 0.1) is 31.2 Å². The maximum Gasteiger partial charge on any atom is 0.326 e. The molecule has 0 radical (unpaired) electrons. The Morgan fingerprint density at radius 1 is 0.917 bits per heavy atom. The van der Waals surface area contributed by atoms with Crippen LogP contribution in [-0.4, -0.2) is 90.0 Å². The van der Waals surface area contributed by atoms with E-state index >= 15 is 0 Å². The Bertz CT molecular complexity index is 1040. The number of carboxylic acids is 1. The largest absolute Gasteiger partial charge is 0.480 e. The van der Waals surface area contributed by atoms with Crippen molar-refractivity contribution in [3.8, 4) is 0 Å². The summed E-state index contributed by atoms with van der Waals surface area (Å²) in [6, 6.07) is -5.58. The number of aliphatic hydroxyl groups excluding tert-OH is 1. The third-order valence-corrected chi connectivity index (χ3v) is 5.03. The molecule has 36 heavy (non-hydrogen) atoms. The lowest BCUT2D eigenvalue weighted by molar-refractivity contribution is -0.144. The molecule has 11 N–H and O–H groups in total. The molecule has 16 nitrogen and oxygen atoms in total. The molecule has 0 aliphatic rings. The molecule has 2 aromatic heterocycles. The third-order valence-electron chi connectivity index (χ3n) is 5.03. The second kappa shape index (κ2) is 13.0. The Morgan fingerprint density at radius 2 is 1.47 bits per heavy atom. The van der Waals surface area contributed by atoms with E-state index in [1.54, 1.807) is 0 Å². The van der Waals surface area contributed by atoms with Crippen molar-refractivity contribution in [2.45, 2.75) is 56.5 Å². The number of hydrogen-bond donors (Lipinski definition) is 9. The van der Waals surface area contributed by atoms with E-state index in [9.17, 15) is 34.2 Å². The minimum Gasteiger partial charge on any atom is -0.480 e. The topological polar surface area (TPSA) is 271 Å². The van der Waals surface area contributed by atoms with Crippen LogP contribution in [0.5, 0.6) is 0 Å². The average molecular weight is 508 g/mol. The van der Waals surface area contributed by atoms with Crippen LogP contribution in [0.4, 0.5) is 0 Å². The van der Waals surface area contributed by atoms with Crippen LogP contribution in [0, 0.1) is 0 Å². The second-order valence-corrected chi connectivity index (χ2v) is 8.03. The van der Waals surface area contributed by atoms with Crippen LogP contribution in [0.3, 0.4) is 0 Å². The Balaban J connectivity index is 2.14. The third kappa shape index (κ3) is 8.48. The molecule has 0 aliphatic carbocycles. The Labute approximate surface area is 204 Å². The summed E-state index contributed by atoms with van der Waals surface area (Å²) in [5.74, 6) is -5.12. The molecule has 5 atom stereocenters. The summed E-state index contributed by atoms with van der Waals surface area (Å²) >= 11 is 0. The van der Waals surface area contributed by atoms with Gasteiger partial charge < -0.3 is 47.6 Å². The maximum absolute atomic E-state index is 13.1. The highest BCUT2D eigenvalue weighted by Crippen LogP contribution is 2.04. The molecule has 4 amide bonds. The van der Waals surface area contributed by atoms with Gasteiger partial charge >= 0.3 is 5.97 Å². The number of imidazole rings is 2. The van der Waals surface area contributed by atoms with Gasteiger partial charge in [-0.05, 0) is 6.92 Å². The van der Waals surface area contributed by atoms with Crippen LogP contribution >= 0.6 is 0 Å². The normalized spacial score (nSPS) is 15.1. The average Bonchev–Trinajstić information content (AvgIpc) is 3.49. The first kappa shape index (κ1) is 27.9. The second-order valence-electron chi connectivity index (χ2n) is 8.03. The molecule has 2 rings (SSSR count). The molecule has 0 fully saturated rings. The highest BCUT2D eigenvalue weighted by atomic mass is 16.4. The number of nitrogens with two attached hydrogens (primary N) is 2. The number of aliphatic carboxylic acids is 1. The van der Waals surface area contributed by atoms with E-state index < -0.39 is 66.3 Å². The molecule has 5 unspecified atom stereocenters. The number of nitrogens with one attached hydrogen (secondary N) is 5. The minimum atomic E-state index is -1.67. The first-order valence-corrected chi connectivity index (χ1v) is 10.8. The molecule has 0 bridgehead atoms. The lowest BCUT2D eigenvalue weighted by Gasteiger charge is -2.26. The molecule has 2 heterocycles. The van der Waals surface area contributed by atoms with E-state index in [0.717, 1.165) is 0 Å². The number of H-pyrrole nitrogens is 2. The van der Waals surface area contributed by atoms with Gasteiger partial charge in [-0.25, -0.2) is 14.8 Å². The summed E-state index contributed by atoms with van der Waals surface area (Å²) in [6.07, 6.45) is 3.59. The minimum absolute atomic E-state index is 0.0675. The summed E-state index contributed by atoms with van der Waals surface area (Å²) in [5.41, 5.74) is 12.0. The van der Waals surface area contributed by atoms with Gasteiger partial charge in [0, 0.05) is 36.6 Å². The molecule has 0 saturated heterocycles. The van der Waals surface area contributed by atoms with Crippen molar-refractivity contribution >= 4 is 29.6 Å². The molecule has 16 heteroatoms. The maximum atomic E-state index is 13.1. The molecule has 0 saturated carbocycles. The zero-order valence-electron chi connectivity index (χ0n) is 19.3. The fourth-order valence-corrected chi connectivity index (χ4v) is 3.15. The fourth-order valence-electron chi connectivity index (χ4n) is 3.15. The van der Waals surface area contributed by atoms with Gasteiger partial charge in [0.2, 0.25) is 23.6 Å². The summed E-state index contributed by atoms with van der Waals surface area (Å²) in [7, 11) is 0. The molecule has 2 aromatic rings. The van der Waals surface area contributed by atoms with Gasteiger partial charge in [-0.2, -0.15) is 0 Å². The molecule has 196 valence electrons.